The Balaban J connectivity index is 1.80. The number of oxime groups is 1. The first-order valence-electron chi connectivity index (χ1n) is 7.56. The van der Waals surface area contributed by atoms with Crippen molar-refractivity contribution < 1.29 is 19.2 Å². The number of carbonyl (C=O) groups excluding carboxylic acids is 3. The van der Waals surface area contributed by atoms with E-state index >= 15 is 0 Å². The first-order chi connectivity index (χ1) is 12.9. The minimum Gasteiger partial charge on any atom is -0.398 e. The molecule has 142 valence electrons. The Morgan fingerprint density at radius 3 is 2.89 bits per heavy atom. The Kier molecular flexibility index (Phi) is 5.58. The van der Waals surface area contributed by atoms with Crippen LogP contribution in [0, 0.1) is 0 Å². The summed E-state index contributed by atoms with van der Waals surface area (Å²) in [5.41, 5.74) is 6.58. The van der Waals surface area contributed by atoms with E-state index < -0.39 is 28.3 Å². The lowest BCUT2D eigenvalue weighted by atomic mass is 10.0. The Labute approximate surface area is 168 Å². The van der Waals surface area contributed by atoms with Crippen LogP contribution in [0.3, 0.4) is 0 Å². The second kappa shape index (κ2) is 7.74. The third-order valence-electron chi connectivity index (χ3n) is 3.90. The largest absolute Gasteiger partial charge is 0.398 e. The van der Waals surface area contributed by atoms with Gasteiger partial charge in [-0.2, -0.15) is 0 Å². The quantitative estimate of drug-likeness (QED) is 0.260. The summed E-state index contributed by atoms with van der Waals surface area (Å²) >= 11 is 6.41. The summed E-state index contributed by atoms with van der Waals surface area (Å²) in [7, 11) is 1.29. The number of fused-ring (bicyclic) bond motifs is 1. The highest BCUT2D eigenvalue weighted by Gasteiger charge is 2.53. The average Bonchev–Trinajstić information content (AvgIpc) is 3.08. The Morgan fingerprint density at radius 2 is 2.33 bits per heavy atom. The molecule has 9 nitrogen and oxygen atoms in total. The molecule has 0 radical (unpaired) electrons. The van der Waals surface area contributed by atoms with Gasteiger partial charge in [0.2, 0.25) is 5.12 Å². The number of anilines is 1. The summed E-state index contributed by atoms with van der Waals surface area (Å²) in [5, 5.41) is 7.22. The van der Waals surface area contributed by atoms with Crippen molar-refractivity contribution in [1.29, 1.82) is 0 Å². The molecule has 2 amide bonds. The van der Waals surface area contributed by atoms with E-state index in [-0.39, 0.29) is 22.2 Å². The van der Waals surface area contributed by atoms with Gasteiger partial charge in [-0.05, 0) is 5.57 Å². The molecule has 0 saturated carbocycles. The number of carbonyl (C=O) groups is 3. The number of hydrogen-bond acceptors (Lipinski definition) is 9. The molecule has 2 aliphatic rings. The van der Waals surface area contributed by atoms with Crippen LogP contribution in [-0.2, 0) is 19.2 Å². The lowest BCUT2D eigenvalue weighted by molar-refractivity contribution is -0.146. The number of thioether (sulfide) groups is 1. The maximum absolute atomic E-state index is 12.6. The van der Waals surface area contributed by atoms with Gasteiger partial charge in [0, 0.05) is 11.1 Å². The van der Waals surface area contributed by atoms with Crippen LogP contribution >= 0.6 is 35.7 Å². The minimum absolute atomic E-state index is 0.0923. The van der Waals surface area contributed by atoms with E-state index in [0.29, 0.717) is 11.3 Å². The number of aromatic nitrogens is 1. The number of thiazole rings is 1. The number of thiol groups is 1. The molecule has 3 rings (SSSR count). The highest BCUT2D eigenvalue weighted by molar-refractivity contribution is 8.00. The monoisotopic (exact) mass is 425 g/mol. The molecule has 3 heterocycles. The number of β-lactam (4-membered cyclic amide) rings is 1. The third-order valence-corrected chi connectivity index (χ3v) is 6.08. The van der Waals surface area contributed by atoms with E-state index in [1.165, 1.54) is 29.8 Å². The molecule has 3 N–H and O–H groups in total. The molecule has 1 aromatic rings. The molecule has 2 atom stereocenters. The van der Waals surface area contributed by atoms with Crippen LogP contribution in [0.2, 0.25) is 0 Å². The normalized spacial score (nSPS) is 22.1. The number of nitrogen functional groups attached to an aromatic ring is 1. The highest BCUT2D eigenvalue weighted by atomic mass is 32.2. The van der Waals surface area contributed by atoms with Gasteiger partial charge in [0.15, 0.2) is 10.8 Å². The average molecular weight is 426 g/mol. The molecule has 1 saturated heterocycles. The smallest absolute Gasteiger partial charge is 0.276 e. The van der Waals surface area contributed by atoms with Gasteiger partial charge >= 0.3 is 0 Å². The van der Waals surface area contributed by atoms with Crippen LogP contribution in [0.15, 0.2) is 34.5 Å². The molecular formula is C15H15N5O4S3. The van der Waals surface area contributed by atoms with E-state index in [1.807, 2.05) is 0 Å². The van der Waals surface area contributed by atoms with Crippen molar-refractivity contribution in [3.8, 4) is 0 Å². The molecule has 0 aliphatic carbocycles. The fourth-order valence-electron chi connectivity index (χ4n) is 2.70. The third kappa shape index (κ3) is 3.47. The zero-order valence-electron chi connectivity index (χ0n) is 14.0. The fraction of sp³-hybridized carbons (Fsp3) is 0.267. The number of hydrogen-bond donors (Lipinski definition) is 3. The van der Waals surface area contributed by atoms with Crippen LogP contribution in [0.25, 0.3) is 0 Å². The molecule has 1 unspecified atom stereocenters. The van der Waals surface area contributed by atoms with Gasteiger partial charge in [0.25, 0.3) is 11.8 Å². The second-order valence-electron chi connectivity index (χ2n) is 5.44. The van der Waals surface area contributed by atoms with Gasteiger partial charge in [0.1, 0.15) is 29.9 Å². The molecule has 0 bridgehead atoms. The molecule has 1 fully saturated rings. The molecule has 0 aromatic carbocycles. The van der Waals surface area contributed by atoms with Gasteiger partial charge in [-0.3, -0.25) is 19.3 Å². The Morgan fingerprint density at radius 1 is 1.59 bits per heavy atom. The van der Waals surface area contributed by atoms with Crippen LogP contribution in [-0.4, -0.2) is 56.8 Å². The number of allylic oxidation sites excluding steroid dienone is 1. The van der Waals surface area contributed by atoms with E-state index in [9.17, 15) is 14.4 Å². The van der Waals surface area contributed by atoms with Crippen molar-refractivity contribution in [3.63, 3.8) is 0 Å². The topological polar surface area (TPSA) is 127 Å². The summed E-state index contributed by atoms with van der Waals surface area (Å²) in [6.07, 6.45) is 1.53. The molecule has 2 aliphatic heterocycles. The molecule has 27 heavy (non-hydrogen) atoms. The van der Waals surface area contributed by atoms with Crippen molar-refractivity contribution >= 4 is 63.5 Å². The van der Waals surface area contributed by atoms with Crippen LogP contribution in [0.1, 0.15) is 5.69 Å². The molecule has 1 aromatic heterocycles. The summed E-state index contributed by atoms with van der Waals surface area (Å²) < 4.78 is 0. The van der Waals surface area contributed by atoms with Gasteiger partial charge in [0.05, 0.1) is 0 Å². The lowest BCUT2D eigenvalue weighted by Gasteiger charge is -2.49. The zero-order chi connectivity index (χ0) is 19.7. The van der Waals surface area contributed by atoms with Gasteiger partial charge in [-0.1, -0.05) is 30.4 Å². The number of nitrogens with one attached hydrogen (secondary N) is 1. The van der Waals surface area contributed by atoms with E-state index in [2.05, 4.69) is 34.7 Å². The zero-order valence-corrected chi connectivity index (χ0v) is 16.6. The maximum atomic E-state index is 12.6. The van der Waals surface area contributed by atoms with Gasteiger partial charge < -0.3 is 15.9 Å². The second-order valence-corrected chi connectivity index (χ2v) is 7.84. The lowest BCUT2D eigenvalue weighted by Crippen LogP contribution is -2.70. The maximum Gasteiger partial charge on any atom is 0.276 e. The Hall–Kier alpha value is -2.31. The number of amides is 2. The van der Waals surface area contributed by atoms with Crippen molar-refractivity contribution in [2.24, 2.45) is 5.16 Å². The van der Waals surface area contributed by atoms with Gasteiger partial charge in [-0.25, -0.2) is 4.98 Å². The van der Waals surface area contributed by atoms with E-state index in [4.69, 9.17) is 10.6 Å². The molecule has 12 heteroatoms. The standard InChI is InChI=1S/C15H15N5O4S3/c1-3-6-4-26-13-9(12(22)20(13)10(6)14(23)25)18-11(21)8(19-24-2)7-5-27-15(16)17-7/h3,5,9,13H,1,4H2,2H3,(H2,16,17)(H,18,21)(H,23,25)/t9?,13-/m1/s1. The predicted molar refractivity (Wildman–Crippen MR) is 106 cm³/mol. The first-order valence-corrected chi connectivity index (χ1v) is 9.93. The van der Waals surface area contributed by atoms with E-state index in [1.54, 1.807) is 5.38 Å². The summed E-state index contributed by atoms with van der Waals surface area (Å²) in [6, 6.07) is -0.811. The van der Waals surface area contributed by atoms with Crippen molar-refractivity contribution in [2.75, 3.05) is 18.6 Å². The van der Waals surface area contributed by atoms with Crippen molar-refractivity contribution in [1.82, 2.24) is 15.2 Å². The highest BCUT2D eigenvalue weighted by Crippen LogP contribution is 2.41. The summed E-state index contributed by atoms with van der Waals surface area (Å²) in [5.74, 6) is -0.557. The summed E-state index contributed by atoms with van der Waals surface area (Å²) in [4.78, 5) is 47.1. The number of nitrogens with two attached hydrogens (primary N) is 1. The van der Waals surface area contributed by atoms with Crippen molar-refractivity contribution in [2.45, 2.75) is 11.4 Å². The van der Waals surface area contributed by atoms with E-state index in [0.717, 1.165) is 11.3 Å². The van der Waals surface area contributed by atoms with Gasteiger partial charge in [-0.15, -0.1) is 23.1 Å². The molecule has 0 spiro atoms. The predicted octanol–water partition coefficient (Wildman–Crippen LogP) is 0.372. The van der Waals surface area contributed by atoms with Crippen molar-refractivity contribution in [3.05, 3.63) is 35.0 Å². The van der Waals surface area contributed by atoms with Crippen LogP contribution in [0.4, 0.5) is 5.13 Å². The van der Waals surface area contributed by atoms with Crippen LogP contribution < -0.4 is 11.1 Å². The fourth-order valence-corrected chi connectivity index (χ4v) is 4.84. The summed E-state index contributed by atoms with van der Waals surface area (Å²) in [6.45, 7) is 3.66. The van der Waals surface area contributed by atoms with Crippen LogP contribution in [0.5, 0.6) is 0 Å². The minimum atomic E-state index is -0.811. The molecular weight excluding hydrogens is 410 g/mol. The first kappa shape index (κ1) is 19.5. The SMILES string of the molecule is C=CC1=C(C(=O)S)N2C(=O)C(NC(=O)C(=NOC)c3csc(N)n3)[C@H]2SC1. The number of rotatable bonds is 6. The Bertz CT molecular complexity index is 894. The number of nitrogens with zero attached hydrogens (tertiary/aromatic N) is 3.